The summed E-state index contributed by atoms with van der Waals surface area (Å²) < 4.78 is 8.30. The zero-order valence-corrected chi connectivity index (χ0v) is 17.6. The van der Waals surface area contributed by atoms with Gasteiger partial charge < -0.3 is 9.30 Å². The second-order valence-corrected chi connectivity index (χ2v) is 7.93. The molecule has 0 bridgehead atoms. The van der Waals surface area contributed by atoms with Crippen LogP contribution in [0.15, 0.2) is 84.9 Å². The van der Waals surface area contributed by atoms with Crippen molar-refractivity contribution in [3.8, 4) is 5.75 Å². The van der Waals surface area contributed by atoms with Crippen molar-refractivity contribution in [1.82, 2.24) is 9.55 Å². The molecule has 0 saturated heterocycles. The molecule has 1 aromatic heterocycles. The van der Waals surface area contributed by atoms with Crippen LogP contribution in [0.5, 0.6) is 5.75 Å². The molecule has 0 radical (unpaired) electrons. The van der Waals surface area contributed by atoms with Gasteiger partial charge in [0.2, 0.25) is 0 Å². The summed E-state index contributed by atoms with van der Waals surface area (Å²) in [5.41, 5.74) is 3.15. The minimum Gasteiger partial charge on any atom is -0.484 e. The van der Waals surface area contributed by atoms with Crippen molar-refractivity contribution in [3.63, 3.8) is 0 Å². The van der Waals surface area contributed by atoms with Crippen molar-refractivity contribution in [2.24, 2.45) is 0 Å². The number of rotatable bonds is 5. The van der Waals surface area contributed by atoms with Gasteiger partial charge in [0.15, 0.2) is 0 Å². The third-order valence-corrected chi connectivity index (χ3v) is 5.81. The van der Waals surface area contributed by atoms with Crippen LogP contribution in [0.1, 0.15) is 11.4 Å². The zero-order valence-electron chi connectivity index (χ0n) is 16.1. The maximum Gasteiger partial charge on any atom is 0.148 e. The molecular formula is C25H18Cl2N2O. The van der Waals surface area contributed by atoms with E-state index in [9.17, 15) is 0 Å². The quantitative estimate of drug-likeness (QED) is 0.295. The van der Waals surface area contributed by atoms with Gasteiger partial charge in [-0.2, -0.15) is 0 Å². The second kappa shape index (κ2) is 8.02. The Kier molecular flexibility index (Phi) is 5.07. The van der Waals surface area contributed by atoms with E-state index in [1.165, 1.54) is 0 Å². The van der Waals surface area contributed by atoms with E-state index in [0.717, 1.165) is 38.2 Å². The predicted octanol–water partition coefficient (Wildman–Crippen LogP) is 7.12. The van der Waals surface area contributed by atoms with Crippen molar-refractivity contribution in [1.29, 1.82) is 0 Å². The average Bonchev–Trinajstić information content (AvgIpc) is 3.12. The molecule has 5 aromatic rings. The van der Waals surface area contributed by atoms with Crippen LogP contribution in [-0.4, -0.2) is 9.55 Å². The maximum absolute atomic E-state index is 6.61. The summed E-state index contributed by atoms with van der Waals surface area (Å²) in [7, 11) is 0. The van der Waals surface area contributed by atoms with Gasteiger partial charge in [0.05, 0.1) is 16.1 Å². The Morgan fingerprint density at radius 1 is 0.800 bits per heavy atom. The molecule has 0 saturated carbocycles. The molecule has 0 amide bonds. The third-order valence-electron chi connectivity index (χ3n) is 5.17. The van der Waals surface area contributed by atoms with Gasteiger partial charge in [0.25, 0.3) is 0 Å². The van der Waals surface area contributed by atoms with Crippen molar-refractivity contribution < 1.29 is 4.74 Å². The average molecular weight is 433 g/mol. The number of ether oxygens (including phenoxy) is 1. The number of halogens is 2. The number of hydrogen-bond donors (Lipinski definition) is 0. The number of fused-ring (bicyclic) bond motifs is 2. The summed E-state index contributed by atoms with van der Waals surface area (Å²) in [5, 5.41) is 3.41. The summed E-state index contributed by atoms with van der Waals surface area (Å²) in [4.78, 5) is 4.80. The van der Waals surface area contributed by atoms with Crippen LogP contribution in [0, 0.1) is 0 Å². The number of hydrogen-bond acceptors (Lipinski definition) is 2. The number of imidazole rings is 1. The molecule has 148 valence electrons. The van der Waals surface area contributed by atoms with Gasteiger partial charge in [-0.15, -0.1) is 0 Å². The van der Waals surface area contributed by atoms with E-state index in [0.29, 0.717) is 23.9 Å². The van der Waals surface area contributed by atoms with Crippen molar-refractivity contribution in [2.75, 3.05) is 0 Å². The maximum atomic E-state index is 6.61. The number of benzene rings is 4. The Labute approximate surface area is 184 Å². The SMILES string of the molecule is Clc1ccc(Cn2c(COc3ccc4ccccc4c3Cl)nc3ccccc32)cc1. The molecule has 5 rings (SSSR count). The van der Waals surface area contributed by atoms with E-state index in [1.807, 2.05) is 78.9 Å². The molecule has 4 aromatic carbocycles. The van der Waals surface area contributed by atoms with Gasteiger partial charge >= 0.3 is 0 Å². The van der Waals surface area contributed by atoms with Crippen molar-refractivity contribution in [3.05, 3.63) is 106 Å². The third kappa shape index (κ3) is 3.62. The first-order chi connectivity index (χ1) is 14.7. The molecule has 5 heteroatoms. The topological polar surface area (TPSA) is 27.1 Å². The van der Waals surface area contributed by atoms with E-state index < -0.39 is 0 Å². The second-order valence-electron chi connectivity index (χ2n) is 7.12. The van der Waals surface area contributed by atoms with Crippen molar-refractivity contribution >= 4 is 45.0 Å². The molecular weight excluding hydrogens is 415 g/mol. The molecule has 0 aliphatic rings. The predicted molar refractivity (Wildman–Crippen MR) is 124 cm³/mol. The van der Waals surface area contributed by atoms with E-state index in [1.54, 1.807) is 0 Å². The molecule has 0 unspecified atom stereocenters. The van der Waals surface area contributed by atoms with E-state index in [-0.39, 0.29) is 0 Å². The molecule has 30 heavy (non-hydrogen) atoms. The van der Waals surface area contributed by atoms with Gasteiger partial charge in [-0.25, -0.2) is 4.98 Å². The lowest BCUT2D eigenvalue weighted by atomic mass is 10.1. The first-order valence-electron chi connectivity index (χ1n) is 9.68. The van der Waals surface area contributed by atoms with Crippen LogP contribution in [0.25, 0.3) is 21.8 Å². The summed E-state index contributed by atoms with van der Waals surface area (Å²) in [5.74, 6) is 1.50. The molecule has 0 fully saturated rings. The Balaban J connectivity index is 1.48. The number of aromatic nitrogens is 2. The Bertz CT molecular complexity index is 1340. The fraction of sp³-hybridized carbons (Fsp3) is 0.0800. The molecule has 0 spiro atoms. The zero-order chi connectivity index (χ0) is 20.5. The van der Waals surface area contributed by atoms with Gasteiger partial charge in [0.1, 0.15) is 18.2 Å². The van der Waals surface area contributed by atoms with Crippen molar-refractivity contribution in [2.45, 2.75) is 13.2 Å². The fourth-order valence-electron chi connectivity index (χ4n) is 3.65. The Morgan fingerprint density at radius 3 is 2.43 bits per heavy atom. The van der Waals surface area contributed by atoms with E-state index >= 15 is 0 Å². The first-order valence-corrected chi connectivity index (χ1v) is 10.4. The fourth-order valence-corrected chi connectivity index (χ4v) is 4.07. The minimum absolute atomic E-state index is 0.320. The molecule has 1 heterocycles. The van der Waals surface area contributed by atoms with E-state index in [4.69, 9.17) is 32.9 Å². The van der Waals surface area contributed by atoms with Crippen LogP contribution in [0.4, 0.5) is 0 Å². The highest BCUT2D eigenvalue weighted by Gasteiger charge is 2.13. The molecule has 3 nitrogen and oxygen atoms in total. The van der Waals surface area contributed by atoms with Crippen LogP contribution in [-0.2, 0) is 13.2 Å². The Morgan fingerprint density at radius 2 is 1.57 bits per heavy atom. The van der Waals surface area contributed by atoms with Crippen LogP contribution in [0.2, 0.25) is 10.0 Å². The first kappa shape index (κ1) is 19.0. The molecule has 0 aliphatic carbocycles. The van der Waals surface area contributed by atoms with E-state index in [2.05, 4.69) is 10.6 Å². The van der Waals surface area contributed by atoms with Crippen LogP contribution < -0.4 is 4.74 Å². The summed E-state index contributed by atoms with van der Waals surface area (Å²) in [6.45, 7) is 1.00. The number of nitrogens with zero attached hydrogens (tertiary/aromatic N) is 2. The lowest BCUT2D eigenvalue weighted by molar-refractivity contribution is 0.292. The van der Waals surface area contributed by atoms with Crippen LogP contribution in [0.3, 0.4) is 0 Å². The Hall–Kier alpha value is -3.01. The highest BCUT2D eigenvalue weighted by Crippen LogP contribution is 2.33. The standard InChI is InChI=1S/C25H18Cl2N2O/c26-19-12-9-17(10-13-19)15-29-22-8-4-3-7-21(22)28-24(29)16-30-23-14-11-18-5-1-2-6-20(18)25(23)27/h1-14H,15-16H2. The minimum atomic E-state index is 0.320. The molecule has 0 aliphatic heterocycles. The lowest BCUT2D eigenvalue weighted by Gasteiger charge is -2.12. The highest BCUT2D eigenvalue weighted by atomic mass is 35.5. The summed E-state index contributed by atoms with van der Waals surface area (Å²) in [6, 6.07) is 27.9. The van der Waals surface area contributed by atoms with Gasteiger partial charge in [-0.1, -0.05) is 77.8 Å². The smallest absolute Gasteiger partial charge is 0.148 e. The largest absolute Gasteiger partial charge is 0.484 e. The van der Waals surface area contributed by atoms with Gasteiger partial charge in [-0.05, 0) is 41.3 Å². The molecule has 0 atom stereocenters. The monoisotopic (exact) mass is 432 g/mol. The van der Waals surface area contributed by atoms with Crippen LogP contribution >= 0.6 is 23.2 Å². The summed E-state index contributed by atoms with van der Waals surface area (Å²) in [6.07, 6.45) is 0. The van der Waals surface area contributed by atoms with Gasteiger partial charge in [0, 0.05) is 17.0 Å². The van der Waals surface area contributed by atoms with Gasteiger partial charge in [-0.3, -0.25) is 0 Å². The number of para-hydroxylation sites is 2. The highest BCUT2D eigenvalue weighted by molar-refractivity contribution is 6.37. The molecule has 0 N–H and O–H groups in total. The normalized spacial score (nSPS) is 11.3. The lowest BCUT2D eigenvalue weighted by Crippen LogP contribution is -2.08. The summed E-state index contributed by atoms with van der Waals surface area (Å²) >= 11 is 12.6.